The second kappa shape index (κ2) is 4.64. The number of rotatable bonds is 1. The molecule has 1 spiro atoms. The molecule has 4 rings (SSSR count). The van der Waals surface area contributed by atoms with Crippen molar-refractivity contribution in [2.45, 2.75) is 25.3 Å². The molecule has 2 aliphatic rings. The summed E-state index contributed by atoms with van der Waals surface area (Å²) in [6, 6.07) is 2.01. The second-order valence-corrected chi connectivity index (χ2v) is 6.62. The predicted molar refractivity (Wildman–Crippen MR) is 86.1 cm³/mol. The van der Waals surface area contributed by atoms with E-state index in [2.05, 4.69) is 25.2 Å². The van der Waals surface area contributed by atoms with E-state index >= 15 is 0 Å². The van der Waals surface area contributed by atoms with E-state index < -0.39 is 5.54 Å². The van der Waals surface area contributed by atoms with Crippen LogP contribution in [0, 0.1) is 6.92 Å². The number of anilines is 1. The second-order valence-electron chi connectivity index (χ2n) is 5.70. The number of nitrogens with one attached hydrogen (secondary N) is 1. The summed E-state index contributed by atoms with van der Waals surface area (Å²) < 4.78 is 1.10. The fourth-order valence-electron chi connectivity index (χ4n) is 3.14. The maximum atomic E-state index is 12.1. The quantitative estimate of drug-likeness (QED) is 0.810. The lowest BCUT2D eigenvalue weighted by Crippen LogP contribution is -2.49. The molecule has 1 amide bonds. The number of carbonyl (C=O) groups is 1. The number of hydrogen-bond donors (Lipinski definition) is 2. The van der Waals surface area contributed by atoms with E-state index in [-0.39, 0.29) is 11.9 Å². The molecule has 1 fully saturated rings. The van der Waals surface area contributed by atoms with Crippen molar-refractivity contribution in [3.8, 4) is 0 Å². The summed E-state index contributed by atoms with van der Waals surface area (Å²) in [7, 11) is 0. The number of thiophene rings is 1. The summed E-state index contributed by atoms with van der Waals surface area (Å²) in [5.41, 5.74) is 5.94. The topological polar surface area (TPSA) is 96.5 Å². The van der Waals surface area contributed by atoms with Gasteiger partial charge in [-0.05, 0) is 31.2 Å². The molecule has 7 nitrogen and oxygen atoms in total. The average molecular weight is 316 g/mol. The smallest absolute Gasteiger partial charge is 0.254 e. The van der Waals surface area contributed by atoms with E-state index in [1.54, 1.807) is 11.3 Å². The van der Waals surface area contributed by atoms with Crippen molar-refractivity contribution in [1.82, 2.24) is 15.3 Å². The predicted octanol–water partition coefficient (Wildman–Crippen LogP) is 0.783. The van der Waals surface area contributed by atoms with Crippen molar-refractivity contribution in [1.29, 1.82) is 0 Å². The van der Waals surface area contributed by atoms with E-state index in [9.17, 15) is 4.79 Å². The average Bonchev–Trinajstić information content (AvgIpc) is 3.04. The van der Waals surface area contributed by atoms with E-state index in [0.717, 1.165) is 34.9 Å². The molecule has 2 aromatic heterocycles. The van der Waals surface area contributed by atoms with Crippen LogP contribution >= 0.6 is 11.3 Å². The zero-order valence-electron chi connectivity index (χ0n) is 12.2. The first-order chi connectivity index (χ1) is 10.6. The van der Waals surface area contributed by atoms with Gasteiger partial charge in [-0.25, -0.2) is 15.0 Å². The Morgan fingerprint density at radius 1 is 1.36 bits per heavy atom. The van der Waals surface area contributed by atoms with E-state index in [4.69, 9.17) is 5.73 Å². The number of nitrogens with two attached hydrogens (primary N) is 1. The van der Waals surface area contributed by atoms with Gasteiger partial charge in [0.1, 0.15) is 17.2 Å². The first-order valence-corrected chi connectivity index (χ1v) is 8.09. The molecule has 0 saturated carbocycles. The summed E-state index contributed by atoms with van der Waals surface area (Å²) in [6.45, 7) is 3.36. The van der Waals surface area contributed by atoms with Crippen molar-refractivity contribution in [2.75, 3.05) is 18.0 Å². The monoisotopic (exact) mass is 316 g/mol. The normalized spacial score (nSPS) is 20.5. The van der Waals surface area contributed by atoms with Crippen LogP contribution in [0.5, 0.6) is 0 Å². The van der Waals surface area contributed by atoms with Crippen LogP contribution in [0.15, 0.2) is 16.4 Å². The molecule has 0 atom stereocenters. The van der Waals surface area contributed by atoms with Gasteiger partial charge in [0.15, 0.2) is 5.96 Å². The van der Waals surface area contributed by atoms with Crippen molar-refractivity contribution >= 4 is 39.2 Å². The molecular formula is C14H16N6OS. The van der Waals surface area contributed by atoms with E-state index in [0.29, 0.717) is 12.8 Å². The van der Waals surface area contributed by atoms with Crippen molar-refractivity contribution in [2.24, 2.45) is 10.7 Å². The number of aliphatic imine (C=N–C) groups is 1. The Morgan fingerprint density at radius 3 is 2.82 bits per heavy atom. The molecule has 0 unspecified atom stereocenters. The molecular weight excluding hydrogens is 300 g/mol. The van der Waals surface area contributed by atoms with Gasteiger partial charge in [-0.3, -0.25) is 10.1 Å². The van der Waals surface area contributed by atoms with Gasteiger partial charge in [0, 0.05) is 13.1 Å². The zero-order chi connectivity index (χ0) is 15.3. The summed E-state index contributed by atoms with van der Waals surface area (Å²) in [6.07, 6.45) is 1.30. The van der Waals surface area contributed by atoms with Gasteiger partial charge < -0.3 is 10.6 Å². The Morgan fingerprint density at radius 2 is 2.14 bits per heavy atom. The maximum absolute atomic E-state index is 12.1. The number of aromatic nitrogens is 2. The van der Waals surface area contributed by atoms with Crippen LogP contribution in [0.3, 0.4) is 0 Å². The third kappa shape index (κ3) is 1.94. The molecule has 3 N–H and O–H groups in total. The molecule has 0 aliphatic carbocycles. The minimum Gasteiger partial charge on any atom is -0.370 e. The summed E-state index contributed by atoms with van der Waals surface area (Å²) >= 11 is 1.65. The zero-order valence-corrected chi connectivity index (χ0v) is 13.0. The lowest BCUT2D eigenvalue weighted by Gasteiger charge is -2.36. The van der Waals surface area contributed by atoms with Gasteiger partial charge in [-0.15, -0.1) is 11.3 Å². The molecule has 8 heteroatoms. The first-order valence-electron chi connectivity index (χ1n) is 7.21. The maximum Gasteiger partial charge on any atom is 0.254 e. The molecule has 114 valence electrons. The number of amides is 1. The number of nitrogens with zero attached hydrogens (tertiary/aromatic N) is 4. The third-order valence-corrected chi connectivity index (χ3v) is 5.19. The fourth-order valence-corrected chi connectivity index (χ4v) is 3.99. The van der Waals surface area contributed by atoms with Crippen LogP contribution in [0.4, 0.5) is 5.82 Å². The third-order valence-electron chi connectivity index (χ3n) is 4.29. The minimum atomic E-state index is -0.683. The Bertz CT molecular complexity index is 790. The number of piperidine rings is 1. The molecule has 0 bridgehead atoms. The van der Waals surface area contributed by atoms with Crippen molar-refractivity contribution < 1.29 is 4.79 Å². The van der Waals surface area contributed by atoms with Gasteiger partial charge in [0.2, 0.25) is 0 Å². The molecule has 4 heterocycles. The summed E-state index contributed by atoms with van der Waals surface area (Å²) in [5.74, 6) is 1.88. The number of carbonyl (C=O) groups excluding carboxylic acids is 1. The number of fused-ring (bicyclic) bond motifs is 1. The lowest BCUT2D eigenvalue weighted by atomic mass is 9.88. The van der Waals surface area contributed by atoms with E-state index in [1.165, 1.54) is 0 Å². The molecule has 2 aromatic rings. The Balaban J connectivity index is 1.64. The van der Waals surface area contributed by atoms with Crippen molar-refractivity contribution in [3.05, 3.63) is 17.3 Å². The van der Waals surface area contributed by atoms with Crippen molar-refractivity contribution in [3.63, 3.8) is 0 Å². The molecule has 0 aromatic carbocycles. The van der Waals surface area contributed by atoms with Gasteiger partial charge in [0.25, 0.3) is 5.91 Å². The SMILES string of the molecule is Cc1nc(N2CCC3(CC2)N=C(N)NC3=O)c2sccc2n1. The van der Waals surface area contributed by atoms with Gasteiger partial charge in [-0.2, -0.15) is 0 Å². The Kier molecular flexibility index (Phi) is 2.83. The van der Waals surface area contributed by atoms with Crippen LogP contribution in [0.2, 0.25) is 0 Å². The van der Waals surface area contributed by atoms with Gasteiger partial charge >= 0.3 is 0 Å². The minimum absolute atomic E-state index is 0.0789. The Hall–Kier alpha value is -2.22. The fraction of sp³-hybridized carbons (Fsp3) is 0.429. The number of guanidine groups is 1. The number of aryl methyl sites for hydroxylation is 1. The molecule has 22 heavy (non-hydrogen) atoms. The van der Waals surface area contributed by atoms with Crippen LogP contribution < -0.4 is 16.0 Å². The molecule has 2 aliphatic heterocycles. The highest BCUT2D eigenvalue weighted by atomic mass is 32.1. The summed E-state index contributed by atoms with van der Waals surface area (Å²) in [4.78, 5) is 27.7. The van der Waals surface area contributed by atoms with Gasteiger partial charge in [0.05, 0.1) is 10.2 Å². The summed E-state index contributed by atoms with van der Waals surface area (Å²) in [5, 5.41) is 4.64. The van der Waals surface area contributed by atoms with Crippen LogP contribution in [-0.2, 0) is 4.79 Å². The number of hydrogen-bond acceptors (Lipinski definition) is 7. The first kappa shape index (κ1) is 13.4. The standard InChI is InChI=1S/C14H16N6OS/c1-8-16-9-2-7-22-10(9)11(17-8)20-5-3-14(4-6-20)12(21)18-13(15)19-14/h2,7H,3-6H2,1H3,(H3,15,18,19,21). The van der Waals surface area contributed by atoms with Crippen LogP contribution in [-0.4, -0.2) is 40.5 Å². The highest BCUT2D eigenvalue weighted by Gasteiger charge is 2.45. The lowest BCUT2D eigenvalue weighted by molar-refractivity contribution is -0.124. The largest absolute Gasteiger partial charge is 0.370 e. The molecule has 0 radical (unpaired) electrons. The van der Waals surface area contributed by atoms with Crippen LogP contribution in [0.1, 0.15) is 18.7 Å². The van der Waals surface area contributed by atoms with Gasteiger partial charge in [-0.1, -0.05) is 0 Å². The Labute approximate surface area is 131 Å². The van der Waals surface area contributed by atoms with Crippen LogP contribution in [0.25, 0.3) is 10.2 Å². The highest BCUT2D eigenvalue weighted by molar-refractivity contribution is 7.17. The molecule has 1 saturated heterocycles. The highest BCUT2D eigenvalue weighted by Crippen LogP contribution is 2.35. The van der Waals surface area contributed by atoms with E-state index in [1.807, 2.05) is 18.4 Å².